The van der Waals surface area contributed by atoms with Crippen molar-refractivity contribution in [2.75, 3.05) is 13.7 Å². The van der Waals surface area contributed by atoms with Crippen molar-refractivity contribution in [1.82, 2.24) is 10.3 Å². The second kappa shape index (κ2) is 8.92. The van der Waals surface area contributed by atoms with Crippen LogP contribution < -0.4 is 5.32 Å². The van der Waals surface area contributed by atoms with Crippen molar-refractivity contribution in [1.29, 1.82) is 0 Å². The van der Waals surface area contributed by atoms with Gasteiger partial charge in [-0.15, -0.1) is 0 Å². The van der Waals surface area contributed by atoms with Gasteiger partial charge in [0, 0.05) is 12.2 Å². The Balaban J connectivity index is 1.44. The molecule has 5 rings (SSSR count). The zero-order valence-electron chi connectivity index (χ0n) is 21.6. The number of Topliss-reactive ketones (excluding diaryl/α,β-unsaturated/α-hetero) is 2. The van der Waals surface area contributed by atoms with Crippen LogP contribution in [-0.4, -0.2) is 78.5 Å². The summed E-state index contributed by atoms with van der Waals surface area (Å²) in [5.41, 5.74) is 0.680. The van der Waals surface area contributed by atoms with Gasteiger partial charge >= 0.3 is 5.97 Å². The number of nitrogens with one attached hydrogen (secondary N) is 1. The molecule has 0 radical (unpaired) electrons. The van der Waals surface area contributed by atoms with Gasteiger partial charge in [0.1, 0.15) is 30.1 Å². The summed E-state index contributed by atoms with van der Waals surface area (Å²) in [7, 11) is 1.21. The van der Waals surface area contributed by atoms with Gasteiger partial charge in [-0.25, -0.2) is 4.79 Å². The minimum absolute atomic E-state index is 0.00380. The Kier molecular flexibility index (Phi) is 6.36. The fraction of sp³-hybridized carbons (Fsp3) is 0.600. The SMILES string of the molecule is COC(=O)c1c(C)nc(C)c2c1C(=O)C(Br)=C(NC[C@H]1O[C@@H]3OC(C)(C)O[C@@H]3[C@H]3OC(C)(C)O[C@H]31)C2=O. The van der Waals surface area contributed by atoms with Crippen molar-refractivity contribution in [2.45, 2.75) is 83.8 Å². The summed E-state index contributed by atoms with van der Waals surface area (Å²) in [6.07, 6.45) is -2.74. The first-order chi connectivity index (χ1) is 17.2. The summed E-state index contributed by atoms with van der Waals surface area (Å²) in [5, 5.41) is 3.07. The van der Waals surface area contributed by atoms with E-state index < -0.39 is 59.8 Å². The number of fused-ring (bicyclic) bond motifs is 4. The van der Waals surface area contributed by atoms with Gasteiger partial charge in [0.2, 0.25) is 11.6 Å². The number of carbonyl (C=O) groups excluding carboxylic acids is 3. The highest BCUT2D eigenvalue weighted by Gasteiger charge is 2.60. The van der Waals surface area contributed by atoms with E-state index in [1.54, 1.807) is 27.7 Å². The summed E-state index contributed by atoms with van der Waals surface area (Å²) < 4.78 is 35.3. The fourth-order valence-electron chi connectivity index (χ4n) is 5.37. The lowest BCUT2D eigenvalue weighted by Gasteiger charge is -2.37. The maximum atomic E-state index is 13.6. The van der Waals surface area contributed by atoms with E-state index in [-0.39, 0.29) is 33.4 Å². The molecule has 1 aromatic rings. The van der Waals surface area contributed by atoms with Crippen molar-refractivity contribution in [3.8, 4) is 0 Å². The van der Waals surface area contributed by atoms with E-state index in [0.29, 0.717) is 11.4 Å². The number of pyridine rings is 1. The number of hydrogen-bond acceptors (Lipinski definition) is 11. The monoisotopic (exact) mass is 580 g/mol. The highest BCUT2D eigenvalue weighted by molar-refractivity contribution is 9.12. The topological polar surface area (TPSA) is 132 Å². The molecule has 0 amide bonds. The lowest BCUT2D eigenvalue weighted by atomic mass is 9.87. The Morgan fingerprint density at radius 3 is 2.24 bits per heavy atom. The van der Waals surface area contributed by atoms with Crippen molar-refractivity contribution >= 4 is 33.5 Å². The fourth-order valence-corrected chi connectivity index (χ4v) is 5.89. The number of methoxy groups -OCH3 is 1. The first kappa shape index (κ1) is 26.4. The third kappa shape index (κ3) is 4.33. The summed E-state index contributed by atoms with van der Waals surface area (Å²) in [6.45, 7) is 10.5. The highest BCUT2D eigenvalue weighted by atomic mass is 79.9. The summed E-state index contributed by atoms with van der Waals surface area (Å²) in [4.78, 5) is 43.8. The van der Waals surface area contributed by atoms with Crippen molar-refractivity contribution < 1.29 is 42.8 Å². The number of rotatable bonds is 4. The number of nitrogens with zero attached hydrogens (tertiary/aromatic N) is 1. The van der Waals surface area contributed by atoms with Crippen LogP contribution in [0.2, 0.25) is 0 Å². The van der Waals surface area contributed by atoms with E-state index in [1.807, 2.05) is 13.8 Å². The average Bonchev–Trinajstić information content (AvgIpc) is 3.30. The second-order valence-electron chi connectivity index (χ2n) is 10.3. The smallest absolute Gasteiger partial charge is 0.340 e. The Morgan fingerprint density at radius 2 is 1.57 bits per heavy atom. The molecule has 1 aromatic heterocycles. The highest BCUT2D eigenvalue weighted by Crippen LogP contribution is 2.44. The predicted octanol–water partition coefficient (Wildman–Crippen LogP) is 2.46. The van der Waals surface area contributed by atoms with Crippen LogP contribution in [0.25, 0.3) is 0 Å². The molecule has 0 saturated carbocycles. The number of aryl methyl sites for hydroxylation is 2. The largest absolute Gasteiger partial charge is 0.465 e. The molecule has 4 heterocycles. The summed E-state index contributed by atoms with van der Waals surface area (Å²) in [6, 6.07) is 0. The van der Waals surface area contributed by atoms with Crippen LogP contribution in [0.5, 0.6) is 0 Å². The zero-order valence-corrected chi connectivity index (χ0v) is 23.2. The van der Waals surface area contributed by atoms with Crippen LogP contribution in [0.15, 0.2) is 10.2 Å². The van der Waals surface area contributed by atoms with Crippen LogP contribution in [0.4, 0.5) is 0 Å². The standard InChI is InChI=1S/C25H29BrN2O9/c1-9-12-14(13(10(2)28-9)22(31)32-7)17(29)15(26)16(18(12)30)27-8-11-19-20(35-24(3,4)34-19)21-23(33-11)37-25(5,6)36-21/h11,19-21,23,27H,8H2,1-7H3/t11-,19+,20+,21-,23-/m1/s1. The first-order valence-corrected chi connectivity index (χ1v) is 12.7. The van der Waals surface area contributed by atoms with Gasteiger partial charge in [0.05, 0.1) is 34.0 Å². The molecule has 3 fully saturated rings. The molecule has 37 heavy (non-hydrogen) atoms. The molecule has 0 aromatic carbocycles. The maximum absolute atomic E-state index is 13.6. The van der Waals surface area contributed by atoms with Gasteiger partial charge < -0.3 is 33.7 Å². The van der Waals surface area contributed by atoms with E-state index in [4.69, 9.17) is 28.4 Å². The first-order valence-electron chi connectivity index (χ1n) is 11.9. The van der Waals surface area contributed by atoms with Gasteiger partial charge in [-0.3, -0.25) is 14.6 Å². The molecule has 5 atom stereocenters. The van der Waals surface area contributed by atoms with Crippen LogP contribution in [0.1, 0.15) is 70.2 Å². The Labute approximate surface area is 222 Å². The van der Waals surface area contributed by atoms with Crippen LogP contribution in [0, 0.1) is 13.8 Å². The van der Waals surface area contributed by atoms with E-state index in [1.165, 1.54) is 7.11 Å². The molecule has 1 aliphatic carbocycles. The van der Waals surface area contributed by atoms with Gasteiger partial charge in [-0.2, -0.15) is 0 Å². The zero-order chi connectivity index (χ0) is 27.0. The summed E-state index contributed by atoms with van der Waals surface area (Å²) >= 11 is 3.28. The quantitative estimate of drug-likeness (QED) is 0.526. The molecule has 3 aliphatic heterocycles. The van der Waals surface area contributed by atoms with Crippen molar-refractivity contribution in [3.63, 3.8) is 0 Å². The van der Waals surface area contributed by atoms with Gasteiger partial charge in [-0.05, 0) is 57.5 Å². The minimum Gasteiger partial charge on any atom is -0.465 e. The maximum Gasteiger partial charge on any atom is 0.340 e. The van der Waals surface area contributed by atoms with Crippen molar-refractivity contribution in [3.05, 3.63) is 38.3 Å². The van der Waals surface area contributed by atoms with Gasteiger partial charge in [0.25, 0.3) is 0 Å². The van der Waals surface area contributed by atoms with E-state index in [9.17, 15) is 14.4 Å². The number of allylic oxidation sites excluding steroid dienone is 2. The number of carbonyl (C=O) groups is 3. The summed E-state index contributed by atoms with van der Waals surface area (Å²) in [5.74, 6) is -3.48. The number of halogens is 1. The third-order valence-electron chi connectivity index (χ3n) is 6.78. The third-order valence-corrected chi connectivity index (χ3v) is 7.54. The van der Waals surface area contributed by atoms with Gasteiger partial charge in [-0.1, -0.05) is 0 Å². The average molecular weight is 581 g/mol. The number of hydrogen-bond donors (Lipinski definition) is 1. The Bertz CT molecular complexity index is 1240. The molecule has 0 spiro atoms. The molecule has 0 bridgehead atoms. The molecular weight excluding hydrogens is 552 g/mol. The van der Waals surface area contributed by atoms with Crippen LogP contribution >= 0.6 is 15.9 Å². The number of ether oxygens (including phenoxy) is 6. The normalized spacial score (nSPS) is 31.6. The Hall–Kier alpha value is -2.22. The molecular formula is C25H29BrN2O9. The molecule has 200 valence electrons. The lowest BCUT2D eigenvalue weighted by molar-refractivity contribution is -0.232. The predicted molar refractivity (Wildman–Crippen MR) is 130 cm³/mol. The van der Waals surface area contributed by atoms with Crippen LogP contribution in [-0.2, 0) is 28.4 Å². The molecule has 4 aliphatic rings. The molecule has 11 nitrogen and oxygen atoms in total. The molecule has 0 unspecified atom stereocenters. The second-order valence-corrected chi connectivity index (χ2v) is 11.1. The number of aromatic nitrogens is 1. The lowest BCUT2D eigenvalue weighted by Crippen LogP contribution is -2.57. The van der Waals surface area contributed by atoms with E-state index in [0.717, 1.165) is 0 Å². The Morgan fingerprint density at radius 1 is 0.946 bits per heavy atom. The number of ketones is 2. The van der Waals surface area contributed by atoms with Crippen LogP contribution in [0.3, 0.4) is 0 Å². The van der Waals surface area contributed by atoms with Gasteiger partial charge in [0.15, 0.2) is 17.9 Å². The van der Waals surface area contributed by atoms with Crippen molar-refractivity contribution in [2.24, 2.45) is 0 Å². The van der Waals surface area contributed by atoms with E-state index >= 15 is 0 Å². The van der Waals surface area contributed by atoms with E-state index in [2.05, 4.69) is 26.2 Å². The molecule has 3 saturated heterocycles. The molecule has 1 N–H and O–H groups in total. The minimum atomic E-state index is -0.873. The number of esters is 1. The molecule has 12 heteroatoms.